The SMILES string of the molecule is COc1cc(/C=N/NC2=NCCCN2)ccc1O. The Morgan fingerprint density at radius 3 is 3.17 bits per heavy atom. The van der Waals surface area contributed by atoms with Gasteiger partial charge in [0.1, 0.15) is 0 Å². The Kier molecular flexibility index (Phi) is 4.01. The van der Waals surface area contributed by atoms with E-state index in [9.17, 15) is 5.11 Å². The van der Waals surface area contributed by atoms with Crippen LogP contribution in [-0.2, 0) is 0 Å². The van der Waals surface area contributed by atoms with Crippen LogP contribution in [0.1, 0.15) is 12.0 Å². The van der Waals surface area contributed by atoms with Crippen molar-refractivity contribution in [2.45, 2.75) is 6.42 Å². The first-order valence-corrected chi connectivity index (χ1v) is 5.74. The van der Waals surface area contributed by atoms with Gasteiger partial charge in [0.15, 0.2) is 11.5 Å². The fraction of sp³-hybridized carbons (Fsp3) is 0.333. The van der Waals surface area contributed by atoms with Crippen LogP contribution in [0.15, 0.2) is 28.3 Å². The largest absolute Gasteiger partial charge is 0.504 e. The molecule has 0 fully saturated rings. The molecule has 0 bridgehead atoms. The number of nitrogens with zero attached hydrogens (tertiary/aromatic N) is 2. The molecule has 96 valence electrons. The van der Waals surface area contributed by atoms with Gasteiger partial charge in [-0.1, -0.05) is 0 Å². The van der Waals surface area contributed by atoms with Crippen molar-refractivity contribution >= 4 is 12.2 Å². The van der Waals surface area contributed by atoms with Gasteiger partial charge in [-0.05, 0) is 30.2 Å². The minimum absolute atomic E-state index is 0.112. The summed E-state index contributed by atoms with van der Waals surface area (Å²) in [6, 6.07) is 5.02. The van der Waals surface area contributed by atoms with E-state index in [4.69, 9.17) is 4.74 Å². The maximum absolute atomic E-state index is 9.45. The Hall–Kier alpha value is -2.24. The Morgan fingerprint density at radius 2 is 2.44 bits per heavy atom. The summed E-state index contributed by atoms with van der Waals surface area (Å²) in [6.45, 7) is 1.73. The summed E-state index contributed by atoms with van der Waals surface area (Å²) in [7, 11) is 1.51. The molecule has 1 aliphatic rings. The van der Waals surface area contributed by atoms with Gasteiger partial charge >= 0.3 is 0 Å². The second-order valence-corrected chi connectivity index (χ2v) is 3.81. The molecule has 0 saturated carbocycles. The number of rotatable bonds is 3. The van der Waals surface area contributed by atoms with Crippen LogP contribution in [0.5, 0.6) is 11.5 Å². The second kappa shape index (κ2) is 5.90. The van der Waals surface area contributed by atoms with Gasteiger partial charge in [-0.2, -0.15) is 5.10 Å². The van der Waals surface area contributed by atoms with E-state index in [1.807, 2.05) is 0 Å². The number of hydrazone groups is 1. The lowest BCUT2D eigenvalue weighted by Crippen LogP contribution is -2.38. The fourth-order valence-corrected chi connectivity index (χ4v) is 1.55. The first-order valence-electron chi connectivity index (χ1n) is 5.74. The third kappa shape index (κ3) is 3.13. The topological polar surface area (TPSA) is 78.2 Å². The molecule has 18 heavy (non-hydrogen) atoms. The molecular weight excluding hydrogens is 232 g/mol. The van der Waals surface area contributed by atoms with Crippen molar-refractivity contribution in [1.29, 1.82) is 0 Å². The smallest absolute Gasteiger partial charge is 0.212 e. The number of phenols is 1. The van der Waals surface area contributed by atoms with Crippen LogP contribution < -0.4 is 15.5 Å². The van der Waals surface area contributed by atoms with E-state index < -0.39 is 0 Å². The van der Waals surface area contributed by atoms with Gasteiger partial charge in [0.2, 0.25) is 5.96 Å². The molecule has 6 heteroatoms. The highest BCUT2D eigenvalue weighted by atomic mass is 16.5. The number of guanidine groups is 1. The van der Waals surface area contributed by atoms with E-state index in [-0.39, 0.29) is 5.75 Å². The standard InChI is InChI=1S/C12H16N4O2/c1-18-11-7-9(3-4-10(11)17)8-15-16-12-13-5-2-6-14-12/h3-4,7-8,17H,2,5-6H2,1H3,(H2,13,14,16)/b15-8+. The van der Waals surface area contributed by atoms with Gasteiger partial charge in [-0.15, -0.1) is 0 Å². The van der Waals surface area contributed by atoms with Crippen molar-refractivity contribution in [2.75, 3.05) is 20.2 Å². The zero-order valence-electron chi connectivity index (χ0n) is 10.2. The minimum Gasteiger partial charge on any atom is -0.504 e. The zero-order chi connectivity index (χ0) is 12.8. The predicted octanol–water partition coefficient (Wildman–Crippen LogP) is 0.674. The normalized spacial score (nSPS) is 15.1. The molecule has 0 amide bonds. The van der Waals surface area contributed by atoms with Crippen molar-refractivity contribution in [2.24, 2.45) is 10.1 Å². The molecule has 1 aliphatic heterocycles. The molecule has 3 N–H and O–H groups in total. The molecule has 0 atom stereocenters. The Morgan fingerprint density at radius 1 is 1.56 bits per heavy atom. The lowest BCUT2D eigenvalue weighted by Gasteiger charge is -2.12. The molecule has 0 unspecified atom stereocenters. The number of aromatic hydroxyl groups is 1. The molecule has 0 spiro atoms. The molecule has 1 aromatic rings. The quantitative estimate of drug-likeness (QED) is 0.543. The Balaban J connectivity index is 1.98. The van der Waals surface area contributed by atoms with Crippen LogP contribution in [0, 0.1) is 0 Å². The van der Waals surface area contributed by atoms with Gasteiger partial charge in [0.05, 0.1) is 13.3 Å². The number of hydrogen-bond donors (Lipinski definition) is 3. The summed E-state index contributed by atoms with van der Waals surface area (Å²) < 4.78 is 5.01. The maximum Gasteiger partial charge on any atom is 0.212 e. The van der Waals surface area contributed by atoms with E-state index in [1.165, 1.54) is 7.11 Å². The van der Waals surface area contributed by atoms with Crippen LogP contribution in [0.3, 0.4) is 0 Å². The van der Waals surface area contributed by atoms with Crippen molar-refractivity contribution in [3.63, 3.8) is 0 Å². The van der Waals surface area contributed by atoms with E-state index in [0.717, 1.165) is 25.1 Å². The third-order valence-corrected chi connectivity index (χ3v) is 2.49. The van der Waals surface area contributed by atoms with Crippen molar-refractivity contribution in [3.05, 3.63) is 23.8 Å². The highest BCUT2D eigenvalue weighted by Gasteiger charge is 2.02. The van der Waals surface area contributed by atoms with Gasteiger partial charge in [0, 0.05) is 13.1 Å². The molecule has 0 aliphatic carbocycles. The first kappa shape index (κ1) is 12.2. The van der Waals surface area contributed by atoms with Crippen LogP contribution in [0.25, 0.3) is 0 Å². The third-order valence-electron chi connectivity index (χ3n) is 2.49. The molecule has 0 saturated heterocycles. The molecular formula is C12H16N4O2. The van der Waals surface area contributed by atoms with E-state index in [0.29, 0.717) is 11.7 Å². The minimum atomic E-state index is 0.112. The number of nitrogens with one attached hydrogen (secondary N) is 2. The zero-order valence-corrected chi connectivity index (χ0v) is 10.2. The van der Waals surface area contributed by atoms with Gasteiger partial charge in [-0.3, -0.25) is 4.99 Å². The van der Waals surface area contributed by atoms with Crippen LogP contribution in [0.2, 0.25) is 0 Å². The Labute approximate surface area is 105 Å². The number of aliphatic imine (C=N–C) groups is 1. The number of methoxy groups -OCH3 is 1. The number of ether oxygens (including phenoxy) is 1. The first-order chi connectivity index (χ1) is 8.79. The van der Waals surface area contributed by atoms with Gasteiger partial charge in [-0.25, -0.2) is 5.43 Å². The maximum atomic E-state index is 9.45. The molecule has 1 heterocycles. The molecule has 6 nitrogen and oxygen atoms in total. The lowest BCUT2D eigenvalue weighted by molar-refractivity contribution is 0.373. The predicted molar refractivity (Wildman–Crippen MR) is 70.3 cm³/mol. The molecule has 0 aromatic heterocycles. The molecule has 1 aromatic carbocycles. The van der Waals surface area contributed by atoms with Crippen LogP contribution in [0.4, 0.5) is 0 Å². The van der Waals surface area contributed by atoms with Crippen molar-refractivity contribution in [3.8, 4) is 11.5 Å². The number of benzene rings is 1. The van der Waals surface area contributed by atoms with Crippen molar-refractivity contribution in [1.82, 2.24) is 10.7 Å². The number of hydrogen-bond acceptors (Lipinski definition) is 6. The van der Waals surface area contributed by atoms with Crippen LogP contribution in [-0.4, -0.2) is 37.5 Å². The summed E-state index contributed by atoms with van der Waals surface area (Å²) in [5.74, 6) is 1.22. The van der Waals surface area contributed by atoms with E-state index >= 15 is 0 Å². The summed E-state index contributed by atoms with van der Waals surface area (Å²) in [5.41, 5.74) is 3.65. The van der Waals surface area contributed by atoms with E-state index in [1.54, 1.807) is 24.4 Å². The van der Waals surface area contributed by atoms with Crippen molar-refractivity contribution < 1.29 is 9.84 Å². The summed E-state index contributed by atoms with van der Waals surface area (Å²) >= 11 is 0. The molecule has 0 radical (unpaired) electrons. The van der Waals surface area contributed by atoms with E-state index in [2.05, 4.69) is 20.8 Å². The summed E-state index contributed by atoms with van der Waals surface area (Å²) in [6.07, 6.45) is 2.69. The summed E-state index contributed by atoms with van der Waals surface area (Å²) in [5, 5.41) is 16.6. The van der Waals surface area contributed by atoms with Gasteiger partial charge < -0.3 is 15.2 Å². The lowest BCUT2D eigenvalue weighted by atomic mass is 10.2. The second-order valence-electron chi connectivity index (χ2n) is 3.81. The van der Waals surface area contributed by atoms with Gasteiger partial charge in [0.25, 0.3) is 0 Å². The average molecular weight is 248 g/mol. The summed E-state index contributed by atoms with van der Waals surface area (Å²) in [4.78, 5) is 4.22. The number of phenolic OH excluding ortho intramolecular Hbond substituents is 1. The monoisotopic (exact) mass is 248 g/mol. The fourth-order valence-electron chi connectivity index (χ4n) is 1.55. The average Bonchev–Trinajstić information content (AvgIpc) is 2.42. The Bertz CT molecular complexity index is 471. The molecule has 2 rings (SSSR count). The highest BCUT2D eigenvalue weighted by Crippen LogP contribution is 2.25. The highest BCUT2D eigenvalue weighted by molar-refractivity contribution is 5.84. The van der Waals surface area contributed by atoms with Crippen LogP contribution >= 0.6 is 0 Å².